The highest BCUT2D eigenvalue weighted by Crippen LogP contribution is 2.30. The molecular formula is C19H21N3O4S. The maximum Gasteiger partial charge on any atom is 0.357 e. The summed E-state index contributed by atoms with van der Waals surface area (Å²) in [6, 6.07) is 7.45. The largest absolute Gasteiger partial charge is 0.464 e. The van der Waals surface area contributed by atoms with Crippen molar-refractivity contribution in [2.75, 3.05) is 19.0 Å². The van der Waals surface area contributed by atoms with Gasteiger partial charge in [0.2, 0.25) is 5.91 Å². The van der Waals surface area contributed by atoms with Crippen molar-refractivity contribution in [3.05, 3.63) is 46.0 Å². The quantitative estimate of drug-likeness (QED) is 0.770. The highest BCUT2D eigenvalue weighted by atomic mass is 32.1. The van der Waals surface area contributed by atoms with E-state index in [0.29, 0.717) is 23.8 Å². The van der Waals surface area contributed by atoms with Crippen LogP contribution >= 0.6 is 11.3 Å². The Morgan fingerprint density at radius 1 is 1.33 bits per heavy atom. The lowest BCUT2D eigenvalue weighted by Crippen LogP contribution is -2.28. The zero-order chi connectivity index (χ0) is 19.6. The van der Waals surface area contributed by atoms with Gasteiger partial charge in [0, 0.05) is 30.0 Å². The Morgan fingerprint density at radius 3 is 2.74 bits per heavy atom. The second-order valence-electron chi connectivity index (χ2n) is 6.56. The predicted octanol–water partition coefficient (Wildman–Crippen LogP) is 3.04. The van der Waals surface area contributed by atoms with Gasteiger partial charge in [-0.3, -0.25) is 9.59 Å². The summed E-state index contributed by atoms with van der Waals surface area (Å²) in [6.45, 7) is 4.74. The number of fused-ring (bicyclic) bond motifs is 1. The summed E-state index contributed by atoms with van der Waals surface area (Å²) in [5.41, 5.74) is 1.91. The number of nitrogens with one attached hydrogen (secondary N) is 1. The van der Waals surface area contributed by atoms with Crippen LogP contribution in [-0.2, 0) is 16.1 Å². The Bertz CT molecular complexity index is 891. The van der Waals surface area contributed by atoms with Gasteiger partial charge in [0.25, 0.3) is 5.91 Å². The topological polar surface area (TPSA) is 88.6 Å². The molecule has 0 fully saturated rings. The molecule has 3 rings (SSSR count). The smallest absolute Gasteiger partial charge is 0.357 e. The van der Waals surface area contributed by atoms with E-state index in [1.807, 2.05) is 32.0 Å². The van der Waals surface area contributed by atoms with Crippen molar-refractivity contribution in [3.63, 3.8) is 0 Å². The SMILES string of the molecule is COC(=O)c1nc(NC(=O)CCN2Cc3ccccc3C2=O)sc1C(C)C. The molecule has 1 N–H and O–H groups in total. The van der Waals surface area contributed by atoms with Gasteiger partial charge in [-0.05, 0) is 17.5 Å². The number of thiazole rings is 1. The van der Waals surface area contributed by atoms with Gasteiger partial charge in [-0.1, -0.05) is 32.0 Å². The standard InChI is InChI=1S/C19H21N3O4S/c1-11(2)16-15(18(25)26-3)21-19(27-16)20-14(23)8-9-22-10-12-6-4-5-7-13(12)17(22)24/h4-7,11H,8-10H2,1-3H3,(H,20,21,23). The van der Waals surface area contributed by atoms with Gasteiger partial charge < -0.3 is 15.0 Å². The lowest BCUT2D eigenvalue weighted by atomic mass is 10.1. The molecule has 1 aliphatic rings. The first kappa shape index (κ1) is 19.0. The van der Waals surface area contributed by atoms with E-state index in [4.69, 9.17) is 4.74 Å². The number of esters is 1. The summed E-state index contributed by atoms with van der Waals surface area (Å²) in [5, 5.41) is 3.08. The lowest BCUT2D eigenvalue weighted by molar-refractivity contribution is -0.116. The van der Waals surface area contributed by atoms with E-state index in [1.165, 1.54) is 18.4 Å². The van der Waals surface area contributed by atoms with Crippen LogP contribution in [0.2, 0.25) is 0 Å². The number of ether oxygens (including phenoxy) is 1. The van der Waals surface area contributed by atoms with Gasteiger partial charge in [-0.15, -0.1) is 11.3 Å². The third kappa shape index (κ3) is 4.00. The zero-order valence-corrected chi connectivity index (χ0v) is 16.3. The maximum absolute atomic E-state index is 12.3. The molecule has 2 aromatic rings. The summed E-state index contributed by atoms with van der Waals surface area (Å²) < 4.78 is 4.75. The number of rotatable bonds is 6. The number of amides is 2. The highest BCUT2D eigenvalue weighted by molar-refractivity contribution is 7.16. The van der Waals surface area contributed by atoms with E-state index in [1.54, 1.807) is 11.0 Å². The molecule has 0 spiro atoms. The molecule has 0 saturated carbocycles. The number of carbonyl (C=O) groups is 3. The average Bonchev–Trinajstić information content (AvgIpc) is 3.21. The van der Waals surface area contributed by atoms with Gasteiger partial charge >= 0.3 is 5.97 Å². The fraction of sp³-hybridized carbons (Fsp3) is 0.368. The lowest BCUT2D eigenvalue weighted by Gasteiger charge is -2.14. The molecule has 0 bridgehead atoms. The molecule has 7 nitrogen and oxygen atoms in total. The molecule has 0 saturated heterocycles. The molecule has 0 aliphatic carbocycles. The van der Waals surface area contributed by atoms with Crippen molar-refractivity contribution < 1.29 is 19.1 Å². The first-order chi connectivity index (χ1) is 12.9. The summed E-state index contributed by atoms with van der Waals surface area (Å²) >= 11 is 1.26. The van der Waals surface area contributed by atoms with Crippen LogP contribution in [0.25, 0.3) is 0 Å². The summed E-state index contributed by atoms with van der Waals surface area (Å²) in [5.74, 6) is -0.735. The second kappa shape index (κ2) is 7.87. The number of nitrogens with zero attached hydrogens (tertiary/aromatic N) is 2. The van der Waals surface area contributed by atoms with Crippen LogP contribution in [0.4, 0.5) is 5.13 Å². The molecule has 1 aliphatic heterocycles. The molecule has 1 aromatic heterocycles. The van der Waals surface area contributed by atoms with Gasteiger partial charge in [0.1, 0.15) is 0 Å². The normalized spacial score (nSPS) is 13.0. The molecule has 27 heavy (non-hydrogen) atoms. The van der Waals surface area contributed by atoms with Crippen molar-refractivity contribution in [1.82, 2.24) is 9.88 Å². The van der Waals surface area contributed by atoms with Crippen LogP contribution in [0, 0.1) is 0 Å². The van der Waals surface area contributed by atoms with E-state index in [2.05, 4.69) is 10.3 Å². The number of methoxy groups -OCH3 is 1. The van der Waals surface area contributed by atoms with Crippen LogP contribution in [-0.4, -0.2) is 41.3 Å². The molecule has 2 heterocycles. The molecule has 0 unspecified atom stereocenters. The number of anilines is 1. The van der Waals surface area contributed by atoms with Crippen LogP contribution in [0.5, 0.6) is 0 Å². The average molecular weight is 387 g/mol. The number of hydrogen-bond donors (Lipinski definition) is 1. The van der Waals surface area contributed by atoms with Gasteiger partial charge in [-0.25, -0.2) is 9.78 Å². The van der Waals surface area contributed by atoms with Crippen molar-refractivity contribution in [1.29, 1.82) is 0 Å². The fourth-order valence-corrected chi connectivity index (χ4v) is 3.90. The molecular weight excluding hydrogens is 366 g/mol. The molecule has 2 amide bonds. The van der Waals surface area contributed by atoms with Crippen LogP contribution in [0.1, 0.15) is 57.5 Å². The Kier molecular flexibility index (Phi) is 5.55. The molecule has 0 radical (unpaired) electrons. The number of benzene rings is 1. The Labute approximate surface area is 161 Å². The van der Waals surface area contributed by atoms with E-state index in [-0.39, 0.29) is 29.8 Å². The molecule has 8 heteroatoms. The summed E-state index contributed by atoms with van der Waals surface area (Å²) in [6.07, 6.45) is 0.157. The van der Waals surface area contributed by atoms with Crippen LogP contribution in [0.3, 0.4) is 0 Å². The minimum atomic E-state index is -0.518. The number of carbonyl (C=O) groups excluding carboxylic acids is 3. The first-order valence-electron chi connectivity index (χ1n) is 8.66. The van der Waals surface area contributed by atoms with Crippen LogP contribution in [0.15, 0.2) is 24.3 Å². The van der Waals surface area contributed by atoms with Crippen molar-refractivity contribution in [3.8, 4) is 0 Å². The van der Waals surface area contributed by atoms with Crippen molar-refractivity contribution >= 4 is 34.3 Å². The Morgan fingerprint density at radius 2 is 2.07 bits per heavy atom. The minimum absolute atomic E-state index is 0.0530. The third-order valence-electron chi connectivity index (χ3n) is 4.31. The first-order valence-corrected chi connectivity index (χ1v) is 9.48. The predicted molar refractivity (Wildman–Crippen MR) is 102 cm³/mol. The Balaban J connectivity index is 1.60. The van der Waals surface area contributed by atoms with Gasteiger partial charge in [0.05, 0.1) is 7.11 Å². The minimum Gasteiger partial charge on any atom is -0.464 e. The monoisotopic (exact) mass is 387 g/mol. The second-order valence-corrected chi connectivity index (χ2v) is 7.59. The third-order valence-corrected chi connectivity index (χ3v) is 5.58. The van der Waals surface area contributed by atoms with E-state index < -0.39 is 5.97 Å². The number of hydrogen-bond acceptors (Lipinski definition) is 6. The molecule has 142 valence electrons. The van der Waals surface area contributed by atoms with E-state index in [9.17, 15) is 14.4 Å². The molecule has 1 aromatic carbocycles. The molecule has 0 atom stereocenters. The highest BCUT2D eigenvalue weighted by Gasteiger charge is 2.27. The maximum atomic E-state index is 12.3. The van der Waals surface area contributed by atoms with Crippen LogP contribution < -0.4 is 5.32 Å². The van der Waals surface area contributed by atoms with Gasteiger partial charge in [-0.2, -0.15) is 0 Å². The Hall–Kier alpha value is -2.74. The van der Waals surface area contributed by atoms with Crippen molar-refractivity contribution in [2.24, 2.45) is 0 Å². The summed E-state index contributed by atoms with van der Waals surface area (Å²) in [7, 11) is 1.30. The van der Waals surface area contributed by atoms with E-state index >= 15 is 0 Å². The van der Waals surface area contributed by atoms with E-state index in [0.717, 1.165) is 10.4 Å². The number of aromatic nitrogens is 1. The zero-order valence-electron chi connectivity index (χ0n) is 15.4. The fourth-order valence-electron chi connectivity index (χ4n) is 2.93. The van der Waals surface area contributed by atoms with Crippen molar-refractivity contribution in [2.45, 2.75) is 32.7 Å². The summed E-state index contributed by atoms with van der Waals surface area (Å²) in [4.78, 5) is 43.1. The van der Waals surface area contributed by atoms with Gasteiger partial charge in [0.15, 0.2) is 10.8 Å².